The molecule has 0 unspecified atom stereocenters. The van der Waals surface area contributed by atoms with Crippen molar-refractivity contribution in [3.05, 3.63) is 61.3 Å². The molecule has 4 aromatic rings. The van der Waals surface area contributed by atoms with E-state index >= 15 is 0 Å². The Kier molecular flexibility index (Phi) is 5.88. The SMILES string of the molecule is Cc1ccc(C)c(-c2csc(NC(=O)CSCc3nc4sc5c(c4c(=O)[nH]3)CCC5)n2)c1. The Labute approximate surface area is 197 Å². The molecule has 3 heterocycles. The number of hydrogen-bond donors (Lipinski definition) is 2. The van der Waals surface area contributed by atoms with Crippen LogP contribution in [0.4, 0.5) is 5.13 Å². The zero-order valence-electron chi connectivity index (χ0n) is 17.8. The van der Waals surface area contributed by atoms with Crippen molar-refractivity contribution in [2.45, 2.75) is 38.9 Å². The molecule has 5 rings (SSSR count). The van der Waals surface area contributed by atoms with E-state index in [1.807, 2.05) is 5.38 Å². The summed E-state index contributed by atoms with van der Waals surface area (Å²) in [6, 6.07) is 6.27. The summed E-state index contributed by atoms with van der Waals surface area (Å²) < 4.78 is 0. The largest absolute Gasteiger partial charge is 0.309 e. The highest BCUT2D eigenvalue weighted by atomic mass is 32.2. The van der Waals surface area contributed by atoms with E-state index in [1.54, 1.807) is 11.3 Å². The molecule has 1 aromatic carbocycles. The predicted octanol–water partition coefficient (Wildman–Crippen LogP) is 5.09. The maximum absolute atomic E-state index is 12.5. The maximum Gasteiger partial charge on any atom is 0.259 e. The van der Waals surface area contributed by atoms with Crippen molar-refractivity contribution >= 4 is 55.7 Å². The van der Waals surface area contributed by atoms with Gasteiger partial charge >= 0.3 is 0 Å². The van der Waals surface area contributed by atoms with Crippen LogP contribution in [0.2, 0.25) is 0 Å². The fourth-order valence-corrected chi connectivity index (χ4v) is 6.67. The Morgan fingerprint density at radius 1 is 1.25 bits per heavy atom. The predicted molar refractivity (Wildman–Crippen MR) is 134 cm³/mol. The van der Waals surface area contributed by atoms with Gasteiger partial charge in [-0.3, -0.25) is 9.59 Å². The number of fused-ring (bicyclic) bond motifs is 3. The summed E-state index contributed by atoms with van der Waals surface area (Å²) in [5.41, 5.74) is 5.41. The number of hydrogen-bond acceptors (Lipinski definition) is 7. The van der Waals surface area contributed by atoms with Crippen LogP contribution in [0.3, 0.4) is 0 Å². The van der Waals surface area contributed by atoms with Crippen LogP contribution < -0.4 is 10.9 Å². The minimum atomic E-state index is -0.115. The number of nitrogens with one attached hydrogen (secondary N) is 2. The monoisotopic (exact) mass is 482 g/mol. The van der Waals surface area contributed by atoms with Gasteiger partial charge in [0.25, 0.3) is 5.56 Å². The van der Waals surface area contributed by atoms with Gasteiger partial charge in [-0.25, -0.2) is 9.97 Å². The molecular weight excluding hydrogens is 460 g/mol. The van der Waals surface area contributed by atoms with Crippen LogP contribution in [0.1, 0.15) is 33.8 Å². The van der Waals surface area contributed by atoms with Crippen molar-refractivity contribution in [3.8, 4) is 11.3 Å². The summed E-state index contributed by atoms with van der Waals surface area (Å²) in [7, 11) is 0. The van der Waals surface area contributed by atoms with Crippen LogP contribution in [0.15, 0.2) is 28.4 Å². The van der Waals surface area contributed by atoms with Crippen molar-refractivity contribution in [3.63, 3.8) is 0 Å². The van der Waals surface area contributed by atoms with E-state index in [-0.39, 0.29) is 17.2 Å². The lowest BCUT2D eigenvalue weighted by molar-refractivity contribution is -0.113. The van der Waals surface area contributed by atoms with E-state index in [1.165, 1.54) is 39.1 Å². The lowest BCUT2D eigenvalue weighted by atomic mass is 10.0. The first-order valence-electron chi connectivity index (χ1n) is 10.4. The number of thiazole rings is 1. The summed E-state index contributed by atoms with van der Waals surface area (Å²) >= 11 is 4.48. The number of rotatable bonds is 6. The highest BCUT2D eigenvalue weighted by Gasteiger charge is 2.21. The molecule has 164 valence electrons. The van der Waals surface area contributed by atoms with Gasteiger partial charge < -0.3 is 10.3 Å². The third-order valence-electron chi connectivity index (χ3n) is 5.52. The average molecular weight is 483 g/mol. The summed E-state index contributed by atoms with van der Waals surface area (Å²) in [5, 5.41) is 6.19. The number of nitrogens with zero attached hydrogens (tertiary/aromatic N) is 2. The second-order valence-corrected chi connectivity index (χ2v) is 10.9. The number of aryl methyl sites for hydroxylation is 4. The van der Waals surface area contributed by atoms with Gasteiger partial charge in [0.1, 0.15) is 10.7 Å². The molecule has 9 heteroatoms. The normalized spacial score (nSPS) is 12.9. The van der Waals surface area contributed by atoms with Crippen molar-refractivity contribution in [1.29, 1.82) is 0 Å². The van der Waals surface area contributed by atoms with Crippen LogP contribution >= 0.6 is 34.4 Å². The molecular formula is C23H22N4O2S3. The molecule has 1 aliphatic rings. The molecule has 32 heavy (non-hydrogen) atoms. The zero-order valence-corrected chi connectivity index (χ0v) is 20.2. The Balaban J connectivity index is 1.20. The Bertz CT molecular complexity index is 1390. The number of carbonyl (C=O) groups is 1. The fraction of sp³-hybridized carbons (Fsp3) is 0.304. The number of aromatic nitrogens is 3. The maximum atomic E-state index is 12.5. The van der Waals surface area contributed by atoms with Crippen molar-refractivity contribution < 1.29 is 4.79 Å². The first kappa shape index (κ1) is 21.4. The molecule has 1 aliphatic carbocycles. The molecule has 6 nitrogen and oxygen atoms in total. The zero-order chi connectivity index (χ0) is 22.2. The first-order chi connectivity index (χ1) is 15.5. The smallest absolute Gasteiger partial charge is 0.259 e. The number of amides is 1. The molecule has 0 atom stereocenters. The number of anilines is 1. The summed E-state index contributed by atoms with van der Waals surface area (Å²) in [6.07, 6.45) is 3.13. The summed E-state index contributed by atoms with van der Waals surface area (Å²) in [6.45, 7) is 4.11. The van der Waals surface area contributed by atoms with E-state index in [0.717, 1.165) is 46.3 Å². The highest BCUT2D eigenvalue weighted by Crippen LogP contribution is 2.34. The van der Waals surface area contributed by atoms with E-state index < -0.39 is 0 Å². The molecule has 0 saturated carbocycles. The number of aromatic amines is 1. The Hall–Kier alpha value is -2.49. The lowest BCUT2D eigenvalue weighted by Gasteiger charge is -2.04. The van der Waals surface area contributed by atoms with Gasteiger partial charge in [-0.2, -0.15) is 0 Å². The third-order valence-corrected chi connectivity index (χ3v) is 8.40. The van der Waals surface area contributed by atoms with Crippen LogP contribution in [-0.2, 0) is 23.4 Å². The standard InChI is InChI=1S/C23H22N4O2S3/c1-12-6-7-13(2)15(8-12)16-9-31-23(24-16)27-19(28)11-30-10-18-25-21(29)20-14-4-3-5-17(14)32-22(20)26-18/h6-9H,3-5,10-11H2,1-2H3,(H,24,27,28)(H,25,26,29). The molecule has 0 bridgehead atoms. The Morgan fingerprint density at radius 3 is 3.00 bits per heavy atom. The van der Waals surface area contributed by atoms with Gasteiger partial charge in [0, 0.05) is 15.8 Å². The van der Waals surface area contributed by atoms with Gasteiger partial charge in [-0.15, -0.1) is 34.4 Å². The summed E-state index contributed by atoms with van der Waals surface area (Å²) in [5.74, 6) is 1.25. The molecule has 0 fully saturated rings. The number of thioether (sulfide) groups is 1. The minimum absolute atomic E-state index is 0.0591. The molecule has 0 aliphatic heterocycles. The quantitative estimate of drug-likeness (QED) is 0.400. The molecule has 0 spiro atoms. The number of H-pyrrole nitrogens is 1. The summed E-state index contributed by atoms with van der Waals surface area (Å²) in [4.78, 5) is 39.2. The molecule has 2 N–H and O–H groups in total. The van der Waals surface area contributed by atoms with Crippen LogP contribution in [0.25, 0.3) is 21.5 Å². The average Bonchev–Trinajstić information content (AvgIpc) is 3.46. The number of carbonyl (C=O) groups excluding carboxylic acids is 1. The highest BCUT2D eigenvalue weighted by molar-refractivity contribution is 7.99. The molecule has 0 saturated heterocycles. The van der Waals surface area contributed by atoms with Crippen LogP contribution in [0, 0.1) is 13.8 Å². The van der Waals surface area contributed by atoms with Gasteiger partial charge in [0.05, 0.1) is 22.6 Å². The number of benzene rings is 1. The van der Waals surface area contributed by atoms with Crippen molar-refractivity contribution in [1.82, 2.24) is 15.0 Å². The molecule has 3 aromatic heterocycles. The van der Waals surface area contributed by atoms with E-state index in [9.17, 15) is 9.59 Å². The third kappa shape index (κ3) is 4.24. The van der Waals surface area contributed by atoms with Crippen molar-refractivity contribution in [2.75, 3.05) is 11.1 Å². The van der Waals surface area contributed by atoms with Gasteiger partial charge in [-0.05, 0) is 50.3 Å². The fourth-order valence-electron chi connectivity index (χ4n) is 3.98. The molecule has 0 radical (unpaired) electrons. The second-order valence-electron chi connectivity index (χ2n) is 7.95. The van der Waals surface area contributed by atoms with E-state index in [0.29, 0.717) is 16.7 Å². The lowest BCUT2D eigenvalue weighted by Crippen LogP contribution is -2.15. The van der Waals surface area contributed by atoms with Gasteiger partial charge in [0.2, 0.25) is 5.91 Å². The second kappa shape index (κ2) is 8.80. The number of thiophene rings is 1. The topological polar surface area (TPSA) is 87.7 Å². The van der Waals surface area contributed by atoms with E-state index in [2.05, 4.69) is 52.3 Å². The molecule has 1 amide bonds. The van der Waals surface area contributed by atoms with Crippen LogP contribution in [0.5, 0.6) is 0 Å². The van der Waals surface area contributed by atoms with Gasteiger partial charge in [0.15, 0.2) is 5.13 Å². The minimum Gasteiger partial charge on any atom is -0.309 e. The van der Waals surface area contributed by atoms with E-state index in [4.69, 9.17) is 0 Å². The van der Waals surface area contributed by atoms with Gasteiger partial charge in [-0.1, -0.05) is 17.7 Å². The Morgan fingerprint density at radius 2 is 2.12 bits per heavy atom. The van der Waals surface area contributed by atoms with Crippen molar-refractivity contribution in [2.24, 2.45) is 0 Å². The first-order valence-corrected chi connectivity index (χ1v) is 13.3. The van der Waals surface area contributed by atoms with Crippen LogP contribution in [-0.4, -0.2) is 26.6 Å².